The molecule has 0 heterocycles. The molecule has 0 radical (unpaired) electrons. The van der Waals surface area contributed by atoms with Crippen LogP contribution >= 0.6 is 0 Å². The molecule has 0 N–H and O–H groups in total. The Kier molecular flexibility index (Phi) is 63.3. The lowest BCUT2D eigenvalue weighted by Crippen LogP contribution is -2.30. The third-order valence-corrected chi connectivity index (χ3v) is 13.9. The normalized spacial score (nSPS) is 13.0. The van der Waals surface area contributed by atoms with Gasteiger partial charge in [-0.1, -0.05) is 276 Å². The van der Waals surface area contributed by atoms with E-state index in [2.05, 4.69) is 154 Å². The first-order valence-corrected chi connectivity index (χ1v) is 33.2. The topological polar surface area (TPSA) is 78.9 Å². The molecule has 0 saturated carbocycles. The standard InChI is InChI=1S/C74H122O6/c1-4-7-10-13-16-19-22-25-27-29-31-33-34-35-36-37-38-39-40-42-43-45-47-49-52-55-58-61-64-67-73(76)79-70-71(69-78-72(75)66-63-60-57-54-51-24-21-18-15-12-9-6-3)80-74(77)68-65-62-59-56-53-50-48-46-44-41-32-30-28-26-23-20-17-14-11-8-5-2/h7-8,10-11,16-21,25-28,31-33,35-36,38-39,41,71H,4-6,9,12-15,22-24,29-30,34,37,40,42-70H2,1-3H3/b10-7-,11-8-,19-16-,20-17-,21-18-,27-25-,28-26-,33-31-,36-35-,39-38-,41-32-. The van der Waals surface area contributed by atoms with Crippen molar-refractivity contribution in [3.8, 4) is 0 Å². The highest BCUT2D eigenvalue weighted by Gasteiger charge is 2.19. The van der Waals surface area contributed by atoms with Gasteiger partial charge in [-0.3, -0.25) is 14.4 Å². The van der Waals surface area contributed by atoms with Gasteiger partial charge < -0.3 is 14.2 Å². The minimum Gasteiger partial charge on any atom is -0.462 e. The monoisotopic (exact) mass is 1110 g/mol. The maximum Gasteiger partial charge on any atom is 0.306 e. The molecular weight excluding hydrogens is 985 g/mol. The highest BCUT2D eigenvalue weighted by molar-refractivity contribution is 5.71. The zero-order valence-electron chi connectivity index (χ0n) is 52.0. The molecular formula is C74H122O6. The number of allylic oxidation sites excluding steroid dienone is 22. The molecule has 6 nitrogen and oxygen atoms in total. The van der Waals surface area contributed by atoms with Gasteiger partial charge in [0.15, 0.2) is 6.10 Å². The number of rotatable bonds is 59. The first kappa shape index (κ1) is 75.5. The van der Waals surface area contributed by atoms with Crippen LogP contribution in [0.3, 0.4) is 0 Å². The Labute approximate surface area is 494 Å². The summed E-state index contributed by atoms with van der Waals surface area (Å²) in [5.74, 6) is -0.906. The van der Waals surface area contributed by atoms with Crippen molar-refractivity contribution < 1.29 is 28.6 Å². The summed E-state index contributed by atoms with van der Waals surface area (Å²) in [6, 6.07) is 0. The summed E-state index contributed by atoms with van der Waals surface area (Å²) in [6.07, 6.45) is 94.6. The number of hydrogen-bond donors (Lipinski definition) is 0. The number of ether oxygens (including phenoxy) is 3. The Morgan fingerprint density at radius 2 is 0.487 bits per heavy atom. The minimum absolute atomic E-state index is 0.0887. The summed E-state index contributed by atoms with van der Waals surface area (Å²) in [7, 11) is 0. The molecule has 0 rings (SSSR count). The molecule has 0 spiro atoms. The van der Waals surface area contributed by atoms with E-state index in [-0.39, 0.29) is 31.1 Å². The molecule has 0 saturated heterocycles. The van der Waals surface area contributed by atoms with Gasteiger partial charge >= 0.3 is 17.9 Å². The summed E-state index contributed by atoms with van der Waals surface area (Å²) < 4.78 is 16.9. The SMILES string of the molecule is CC/C=C\C/C=C\C/C=C\C/C=C\C/C=C\C/C=C\CCCCCCCCCCCCC(=O)OCC(COC(=O)CCCCCCC/C=C\CCCCC)OC(=O)CCCCCCCCCC/C=C\C/C=C\C/C=C\C/C=C\CC. The van der Waals surface area contributed by atoms with Crippen molar-refractivity contribution in [1.82, 2.24) is 0 Å². The van der Waals surface area contributed by atoms with Crippen LogP contribution in [0.2, 0.25) is 0 Å². The molecule has 454 valence electrons. The Balaban J connectivity index is 4.31. The maximum absolute atomic E-state index is 12.9. The van der Waals surface area contributed by atoms with Gasteiger partial charge in [-0.2, -0.15) is 0 Å². The third-order valence-electron chi connectivity index (χ3n) is 13.9. The Morgan fingerprint density at radius 1 is 0.263 bits per heavy atom. The van der Waals surface area contributed by atoms with E-state index in [0.29, 0.717) is 19.3 Å². The molecule has 0 aliphatic carbocycles. The molecule has 0 aromatic carbocycles. The van der Waals surface area contributed by atoms with Gasteiger partial charge in [-0.05, 0) is 135 Å². The predicted molar refractivity (Wildman–Crippen MR) is 348 cm³/mol. The van der Waals surface area contributed by atoms with E-state index < -0.39 is 6.10 Å². The van der Waals surface area contributed by atoms with Gasteiger partial charge in [-0.15, -0.1) is 0 Å². The average molecular weight is 1110 g/mol. The zero-order chi connectivity index (χ0) is 57.8. The summed E-state index contributed by atoms with van der Waals surface area (Å²) in [5, 5.41) is 0. The van der Waals surface area contributed by atoms with Crippen molar-refractivity contribution in [3.63, 3.8) is 0 Å². The molecule has 0 aromatic heterocycles. The molecule has 0 aliphatic heterocycles. The van der Waals surface area contributed by atoms with E-state index >= 15 is 0 Å². The third kappa shape index (κ3) is 64.4. The highest BCUT2D eigenvalue weighted by atomic mass is 16.6. The van der Waals surface area contributed by atoms with Crippen molar-refractivity contribution >= 4 is 17.9 Å². The van der Waals surface area contributed by atoms with E-state index in [1.165, 1.54) is 122 Å². The summed E-state index contributed by atoms with van der Waals surface area (Å²) >= 11 is 0. The first-order chi connectivity index (χ1) is 39.5. The van der Waals surface area contributed by atoms with Gasteiger partial charge in [0.2, 0.25) is 0 Å². The lowest BCUT2D eigenvalue weighted by atomic mass is 10.1. The Morgan fingerprint density at radius 3 is 0.775 bits per heavy atom. The van der Waals surface area contributed by atoms with Crippen LogP contribution in [-0.2, 0) is 28.6 Å². The van der Waals surface area contributed by atoms with Crippen molar-refractivity contribution in [2.45, 2.75) is 303 Å². The van der Waals surface area contributed by atoms with Crippen molar-refractivity contribution in [3.05, 3.63) is 134 Å². The smallest absolute Gasteiger partial charge is 0.306 e. The molecule has 6 heteroatoms. The van der Waals surface area contributed by atoms with Crippen LogP contribution in [-0.4, -0.2) is 37.2 Å². The second-order valence-electron chi connectivity index (χ2n) is 21.6. The van der Waals surface area contributed by atoms with Gasteiger partial charge in [0.25, 0.3) is 0 Å². The lowest BCUT2D eigenvalue weighted by molar-refractivity contribution is -0.167. The van der Waals surface area contributed by atoms with Crippen LogP contribution in [0, 0.1) is 0 Å². The van der Waals surface area contributed by atoms with E-state index in [1.54, 1.807) is 0 Å². The zero-order valence-corrected chi connectivity index (χ0v) is 52.0. The number of hydrogen-bond acceptors (Lipinski definition) is 6. The predicted octanol–water partition coefficient (Wildman–Crippen LogP) is 22.9. The Bertz CT molecular complexity index is 1700. The van der Waals surface area contributed by atoms with Gasteiger partial charge in [0, 0.05) is 19.3 Å². The molecule has 0 bridgehead atoms. The van der Waals surface area contributed by atoms with Crippen LogP contribution in [0.25, 0.3) is 0 Å². The fourth-order valence-corrected chi connectivity index (χ4v) is 8.96. The first-order valence-electron chi connectivity index (χ1n) is 33.2. The summed E-state index contributed by atoms with van der Waals surface area (Å²) in [6.45, 7) is 6.38. The average Bonchev–Trinajstić information content (AvgIpc) is 3.46. The quantitative estimate of drug-likeness (QED) is 0.0261. The summed E-state index contributed by atoms with van der Waals surface area (Å²) in [4.78, 5) is 38.3. The van der Waals surface area contributed by atoms with E-state index in [1.807, 2.05) is 0 Å². The van der Waals surface area contributed by atoms with Crippen molar-refractivity contribution in [1.29, 1.82) is 0 Å². The number of esters is 3. The van der Waals surface area contributed by atoms with Gasteiger partial charge in [0.1, 0.15) is 13.2 Å². The summed E-state index contributed by atoms with van der Waals surface area (Å²) in [5.41, 5.74) is 0. The molecule has 1 unspecified atom stereocenters. The van der Waals surface area contributed by atoms with E-state index in [9.17, 15) is 14.4 Å². The second-order valence-corrected chi connectivity index (χ2v) is 21.6. The van der Waals surface area contributed by atoms with Gasteiger partial charge in [-0.25, -0.2) is 0 Å². The van der Waals surface area contributed by atoms with Crippen LogP contribution in [0.1, 0.15) is 297 Å². The molecule has 1 atom stereocenters. The van der Waals surface area contributed by atoms with Crippen LogP contribution < -0.4 is 0 Å². The second kappa shape index (κ2) is 67.1. The fourth-order valence-electron chi connectivity index (χ4n) is 8.96. The Hall–Kier alpha value is -4.45. The fraction of sp³-hybridized carbons (Fsp3) is 0.662. The largest absolute Gasteiger partial charge is 0.462 e. The van der Waals surface area contributed by atoms with E-state index in [4.69, 9.17) is 14.2 Å². The molecule has 0 fully saturated rings. The van der Waals surface area contributed by atoms with Gasteiger partial charge in [0.05, 0.1) is 0 Å². The minimum atomic E-state index is -0.793. The maximum atomic E-state index is 12.9. The molecule has 0 amide bonds. The number of unbranched alkanes of at least 4 members (excludes halogenated alkanes) is 26. The van der Waals surface area contributed by atoms with Crippen molar-refractivity contribution in [2.24, 2.45) is 0 Å². The highest BCUT2D eigenvalue weighted by Crippen LogP contribution is 2.16. The van der Waals surface area contributed by atoms with Crippen LogP contribution in [0.15, 0.2) is 134 Å². The lowest BCUT2D eigenvalue weighted by Gasteiger charge is -2.18. The molecule has 0 aromatic rings. The van der Waals surface area contributed by atoms with Crippen LogP contribution in [0.5, 0.6) is 0 Å². The van der Waals surface area contributed by atoms with Crippen LogP contribution in [0.4, 0.5) is 0 Å². The number of carbonyl (C=O) groups is 3. The molecule has 80 heavy (non-hydrogen) atoms. The van der Waals surface area contributed by atoms with Crippen molar-refractivity contribution in [2.75, 3.05) is 13.2 Å². The number of carbonyl (C=O) groups excluding carboxylic acids is 3. The van der Waals surface area contributed by atoms with E-state index in [0.717, 1.165) is 135 Å². The molecule has 0 aliphatic rings.